The molecule has 0 bridgehead atoms. The van der Waals surface area contributed by atoms with Crippen LogP contribution in [0.15, 0.2) is 18.2 Å². The maximum Gasteiger partial charge on any atom is 0.161 e. The SMILES string of the molecule is COc1cc(CC(C)O)ccc1OC1CCCN(C)C1. The Morgan fingerprint density at radius 1 is 1.40 bits per heavy atom. The Morgan fingerprint density at radius 3 is 2.85 bits per heavy atom. The van der Waals surface area contributed by atoms with E-state index in [1.165, 1.54) is 6.42 Å². The summed E-state index contributed by atoms with van der Waals surface area (Å²) < 4.78 is 11.5. The zero-order chi connectivity index (χ0) is 14.5. The first-order valence-electron chi connectivity index (χ1n) is 7.28. The van der Waals surface area contributed by atoms with Gasteiger partial charge in [0.05, 0.1) is 13.2 Å². The Bertz CT molecular complexity index is 434. The average Bonchev–Trinajstić information content (AvgIpc) is 2.40. The largest absolute Gasteiger partial charge is 0.493 e. The van der Waals surface area contributed by atoms with E-state index in [1.54, 1.807) is 14.0 Å². The van der Waals surface area contributed by atoms with E-state index in [2.05, 4.69) is 11.9 Å². The minimum Gasteiger partial charge on any atom is -0.493 e. The molecule has 1 aliphatic rings. The standard InChI is InChI=1S/C16H25NO3/c1-12(18)9-13-6-7-15(16(10-13)19-3)20-14-5-4-8-17(2)11-14/h6-7,10,12,14,18H,4-5,8-9,11H2,1-3H3. The van der Waals surface area contributed by atoms with Crippen molar-refractivity contribution in [1.82, 2.24) is 4.90 Å². The van der Waals surface area contributed by atoms with Gasteiger partial charge in [0.15, 0.2) is 11.5 Å². The number of piperidine rings is 1. The summed E-state index contributed by atoms with van der Waals surface area (Å²) in [6, 6.07) is 5.90. The lowest BCUT2D eigenvalue weighted by Gasteiger charge is -2.30. The number of ether oxygens (including phenoxy) is 2. The fourth-order valence-corrected chi connectivity index (χ4v) is 2.67. The summed E-state index contributed by atoms with van der Waals surface area (Å²) in [5.74, 6) is 1.54. The lowest BCUT2D eigenvalue weighted by molar-refractivity contribution is 0.101. The van der Waals surface area contributed by atoms with Crippen molar-refractivity contribution < 1.29 is 14.6 Å². The van der Waals surface area contributed by atoms with Crippen LogP contribution in [-0.2, 0) is 6.42 Å². The van der Waals surface area contributed by atoms with Gasteiger partial charge in [0.1, 0.15) is 6.10 Å². The zero-order valence-corrected chi connectivity index (χ0v) is 12.6. The molecule has 2 rings (SSSR count). The molecule has 1 N–H and O–H groups in total. The Kier molecular flexibility index (Phi) is 5.26. The highest BCUT2D eigenvalue weighted by Gasteiger charge is 2.20. The van der Waals surface area contributed by atoms with Crippen molar-refractivity contribution in [2.45, 2.75) is 38.4 Å². The van der Waals surface area contributed by atoms with E-state index in [-0.39, 0.29) is 12.2 Å². The van der Waals surface area contributed by atoms with Gasteiger partial charge in [-0.05, 0) is 57.5 Å². The molecule has 1 aliphatic heterocycles. The highest BCUT2D eigenvalue weighted by Crippen LogP contribution is 2.30. The van der Waals surface area contributed by atoms with Crippen molar-refractivity contribution in [2.75, 3.05) is 27.2 Å². The summed E-state index contributed by atoms with van der Waals surface area (Å²) in [7, 11) is 3.78. The van der Waals surface area contributed by atoms with Gasteiger partial charge in [0.2, 0.25) is 0 Å². The van der Waals surface area contributed by atoms with Gasteiger partial charge in [0, 0.05) is 6.54 Å². The third-order valence-electron chi connectivity index (χ3n) is 3.63. The average molecular weight is 279 g/mol. The molecule has 4 heteroatoms. The number of likely N-dealkylation sites (tertiary alicyclic amines) is 1. The molecule has 1 fully saturated rings. The summed E-state index contributed by atoms with van der Waals surface area (Å²) in [4.78, 5) is 2.29. The molecule has 0 spiro atoms. The van der Waals surface area contributed by atoms with Gasteiger partial charge in [-0.15, -0.1) is 0 Å². The van der Waals surface area contributed by atoms with E-state index in [0.717, 1.165) is 36.6 Å². The van der Waals surface area contributed by atoms with Crippen LogP contribution in [0, 0.1) is 0 Å². The molecule has 0 amide bonds. The minimum absolute atomic E-state index is 0.227. The molecule has 2 atom stereocenters. The number of aliphatic hydroxyl groups excluding tert-OH is 1. The van der Waals surface area contributed by atoms with Crippen molar-refractivity contribution in [3.05, 3.63) is 23.8 Å². The summed E-state index contributed by atoms with van der Waals surface area (Å²) in [5, 5.41) is 9.45. The van der Waals surface area contributed by atoms with Gasteiger partial charge in [0.25, 0.3) is 0 Å². The molecule has 0 aromatic heterocycles. The van der Waals surface area contributed by atoms with E-state index in [1.807, 2.05) is 18.2 Å². The fraction of sp³-hybridized carbons (Fsp3) is 0.625. The second kappa shape index (κ2) is 6.95. The smallest absolute Gasteiger partial charge is 0.161 e. The maximum absolute atomic E-state index is 9.45. The first-order chi connectivity index (χ1) is 9.58. The number of likely N-dealkylation sites (N-methyl/N-ethyl adjacent to an activating group) is 1. The monoisotopic (exact) mass is 279 g/mol. The third-order valence-corrected chi connectivity index (χ3v) is 3.63. The van der Waals surface area contributed by atoms with Crippen LogP contribution >= 0.6 is 0 Å². The highest BCUT2D eigenvalue weighted by atomic mass is 16.5. The molecular weight excluding hydrogens is 254 g/mol. The van der Waals surface area contributed by atoms with Crippen molar-refractivity contribution in [1.29, 1.82) is 0 Å². The van der Waals surface area contributed by atoms with Crippen molar-refractivity contribution >= 4 is 0 Å². The molecule has 1 saturated heterocycles. The van der Waals surface area contributed by atoms with E-state index >= 15 is 0 Å². The van der Waals surface area contributed by atoms with Crippen molar-refractivity contribution in [3.63, 3.8) is 0 Å². The van der Waals surface area contributed by atoms with Gasteiger partial charge in [-0.1, -0.05) is 6.07 Å². The van der Waals surface area contributed by atoms with Crippen LogP contribution < -0.4 is 9.47 Å². The molecule has 20 heavy (non-hydrogen) atoms. The van der Waals surface area contributed by atoms with Crippen molar-refractivity contribution in [3.8, 4) is 11.5 Å². The van der Waals surface area contributed by atoms with Crippen molar-refractivity contribution in [2.24, 2.45) is 0 Å². The number of hydrogen-bond donors (Lipinski definition) is 1. The summed E-state index contributed by atoms with van der Waals surface area (Å²) in [6.07, 6.45) is 2.76. The normalized spacial score (nSPS) is 21.5. The van der Waals surface area contributed by atoms with Crippen LogP contribution in [-0.4, -0.2) is 49.5 Å². The van der Waals surface area contributed by atoms with Crippen LogP contribution in [0.1, 0.15) is 25.3 Å². The number of nitrogens with zero attached hydrogens (tertiary/aromatic N) is 1. The lowest BCUT2D eigenvalue weighted by atomic mass is 10.1. The van der Waals surface area contributed by atoms with Gasteiger partial charge in [-0.3, -0.25) is 0 Å². The van der Waals surface area contributed by atoms with Crippen LogP contribution in [0.5, 0.6) is 11.5 Å². The Balaban J connectivity index is 2.06. The number of rotatable bonds is 5. The summed E-state index contributed by atoms with van der Waals surface area (Å²) in [5.41, 5.74) is 1.06. The van der Waals surface area contributed by atoms with Crippen LogP contribution in [0.3, 0.4) is 0 Å². The summed E-state index contributed by atoms with van der Waals surface area (Å²) in [6.45, 7) is 3.89. The Morgan fingerprint density at radius 2 is 2.20 bits per heavy atom. The predicted molar refractivity (Wildman–Crippen MR) is 79.5 cm³/mol. The molecule has 112 valence electrons. The molecule has 1 aromatic rings. The number of methoxy groups -OCH3 is 1. The third kappa shape index (κ3) is 4.12. The Labute approximate surface area is 121 Å². The lowest BCUT2D eigenvalue weighted by Crippen LogP contribution is -2.38. The minimum atomic E-state index is -0.349. The van der Waals surface area contributed by atoms with Gasteiger partial charge >= 0.3 is 0 Å². The van der Waals surface area contributed by atoms with Crippen LogP contribution in [0.2, 0.25) is 0 Å². The van der Waals surface area contributed by atoms with Crippen LogP contribution in [0.25, 0.3) is 0 Å². The van der Waals surface area contributed by atoms with Gasteiger partial charge in [-0.2, -0.15) is 0 Å². The van der Waals surface area contributed by atoms with E-state index in [0.29, 0.717) is 6.42 Å². The quantitative estimate of drug-likeness (QED) is 0.896. The molecule has 0 radical (unpaired) electrons. The first-order valence-corrected chi connectivity index (χ1v) is 7.28. The second-order valence-electron chi connectivity index (χ2n) is 5.68. The fourth-order valence-electron chi connectivity index (χ4n) is 2.67. The predicted octanol–water partition coefficient (Wildman–Crippen LogP) is 2.09. The topological polar surface area (TPSA) is 41.9 Å². The number of hydrogen-bond acceptors (Lipinski definition) is 4. The Hall–Kier alpha value is -1.26. The molecule has 2 unspecified atom stereocenters. The molecule has 0 saturated carbocycles. The van der Waals surface area contributed by atoms with E-state index in [4.69, 9.17) is 9.47 Å². The zero-order valence-electron chi connectivity index (χ0n) is 12.6. The second-order valence-corrected chi connectivity index (χ2v) is 5.68. The number of aliphatic hydroxyl groups is 1. The molecule has 0 aliphatic carbocycles. The van der Waals surface area contributed by atoms with E-state index < -0.39 is 0 Å². The van der Waals surface area contributed by atoms with Gasteiger partial charge in [-0.25, -0.2) is 0 Å². The highest BCUT2D eigenvalue weighted by molar-refractivity contribution is 5.43. The summed E-state index contributed by atoms with van der Waals surface area (Å²) >= 11 is 0. The van der Waals surface area contributed by atoms with E-state index in [9.17, 15) is 5.11 Å². The molecule has 4 nitrogen and oxygen atoms in total. The molecule has 1 aromatic carbocycles. The number of benzene rings is 1. The first kappa shape index (κ1) is 15.1. The van der Waals surface area contributed by atoms with Gasteiger partial charge < -0.3 is 19.5 Å². The van der Waals surface area contributed by atoms with Crippen LogP contribution in [0.4, 0.5) is 0 Å². The maximum atomic E-state index is 9.45. The molecular formula is C16H25NO3. The molecule has 1 heterocycles.